The third kappa shape index (κ3) is 3.91. The minimum Gasteiger partial charge on any atom is -0.387 e. The molecule has 3 nitrogen and oxygen atoms in total. The molecule has 0 spiro atoms. The van der Waals surface area contributed by atoms with Crippen molar-refractivity contribution >= 4 is 17.2 Å². The molecule has 3 N–H and O–H groups in total. The number of hydrogen-bond acceptors (Lipinski definition) is 3. The van der Waals surface area contributed by atoms with Gasteiger partial charge in [0, 0.05) is 18.0 Å². The third-order valence-corrected chi connectivity index (χ3v) is 3.94. The minimum absolute atomic E-state index is 0.0360. The Labute approximate surface area is 118 Å². The fraction of sp³-hybridized carbons (Fsp3) is 0.267. The molecule has 1 aromatic heterocycles. The lowest BCUT2D eigenvalue weighted by atomic mass is 9.97. The fourth-order valence-corrected chi connectivity index (χ4v) is 2.90. The van der Waals surface area contributed by atoms with Gasteiger partial charge in [-0.3, -0.25) is 5.41 Å². The maximum absolute atomic E-state index is 7.79. The van der Waals surface area contributed by atoms with Crippen LogP contribution in [-0.4, -0.2) is 24.3 Å². The van der Waals surface area contributed by atoms with Gasteiger partial charge in [0.2, 0.25) is 0 Å². The second kappa shape index (κ2) is 6.50. The zero-order valence-corrected chi connectivity index (χ0v) is 11.9. The molecule has 0 aliphatic carbocycles. The molecule has 1 heterocycles. The topological polar surface area (TPSA) is 53.1 Å². The van der Waals surface area contributed by atoms with Gasteiger partial charge >= 0.3 is 0 Å². The predicted octanol–water partition coefficient (Wildman–Crippen LogP) is 2.90. The first-order valence-electron chi connectivity index (χ1n) is 6.26. The standard InChI is InChI=1S/C15H19N3S/c1-18(10-13-8-5-9-19-13)11-14(15(16)17)12-6-3-2-4-7-12/h2-9,14H,10-11H2,1H3,(H3,16,17). The lowest BCUT2D eigenvalue weighted by Gasteiger charge is -2.23. The monoisotopic (exact) mass is 273 g/mol. The second-order valence-corrected chi connectivity index (χ2v) is 5.73. The van der Waals surface area contributed by atoms with Gasteiger partial charge < -0.3 is 10.6 Å². The number of nitrogens with one attached hydrogen (secondary N) is 1. The van der Waals surface area contributed by atoms with E-state index in [-0.39, 0.29) is 11.8 Å². The van der Waals surface area contributed by atoms with E-state index in [1.165, 1.54) is 4.88 Å². The summed E-state index contributed by atoms with van der Waals surface area (Å²) in [7, 11) is 2.07. The third-order valence-electron chi connectivity index (χ3n) is 3.08. The molecule has 0 saturated carbocycles. The van der Waals surface area contributed by atoms with Crippen molar-refractivity contribution in [1.29, 1.82) is 5.41 Å². The summed E-state index contributed by atoms with van der Waals surface area (Å²) in [6.45, 7) is 1.66. The van der Waals surface area contributed by atoms with Crippen LogP contribution in [-0.2, 0) is 6.54 Å². The van der Waals surface area contributed by atoms with Crippen LogP contribution in [0, 0.1) is 5.41 Å². The van der Waals surface area contributed by atoms with Gasteiger partial charge in [-0.25, -0.2) is 0 Å². The smallest absolute Gasteiger partial charge is 0.0995 e. The normalized spacial score (nSPS) is 12.5. The zero-order valence-electron chi connectivity index (χ0n) is 11.0. The molecule has 2 aromatic rings. The van der Waals surface area contributed by atoms with Crippen LogP contribution in [0.15, 0.2) is 47.8 Å². The fourth-order valence-electron chi connectivity index (χ4n) is 2.11. The Balaban J connectivity index is 2.03. The van der Waals surface area contributed by atoms with E-state index in [1.807, 2.05) is 30.3 Å². The van der Waals surface area contributed by atoms with Crippen LogP contribution >= 0.6 is 11.3 Å². The average molecular weight is 273 g/mol. The Kier molecular flexibility index (Phi) is 4.71. The highest BCUT2D eigenvalue weighted by atomic mass is 32.1. The van der Waals surface area contributed by atoms with Gasteiger partial charge in [-0.15, -0.1) is 11.3 Å². The van der Waals surface area contributed by atoms with Crippen molar-refractivity contribution in [2.45, 2.75) is 12.5 Å². The van der Waals surface area contributed by atoms with Crippen molar-refractivity contribution in [2.24, 2.45) is 5.73 Å². The molecule has 0 radical (unpaired) electrons. The van der Waals surface area contributed by atoms with Crippen molar-refractivity contribution in [1.82, 2.24) is 4.90 Å². The first kappa shape index (κ1) is 13.8. The van der Waals surface area contributed by atoms with Gasteiger partial charge in [-0.05, 0) is 24.1 Å². The largest absolute Gasteiger partial charge is 0.387 e. The van der Waals surface area contributed by atoms with E-state index in [4.69, 9.17) is 11.1 Å². The van der Waals surface area contributed by atoms with E-state index in [9.17, 15) is 0 Å². The van der Waals surface area contributed by atoms with E-state index in [1.54, 1.807) is 11.3 Å². The van der Waals surface area contributed by atoms with Crippen molar-refractivity contribution in [3.05, 3.63) is 58.3 Å². The maximum Gasteiger partial charge on any atom is 0.0995 e. The number of likely N-dealkylation sites (N-methyl/N-ethyl adjacent to an activating group) is 1. The second-order valence-electron chi connectivity index (χ2n) is 4.69. The Morgan fingerprint density at radius 1 is 1.26 bits per heavy atom. The van der Waals surface area contributed by atoms with Gasteiger partial charge in [0.05, 0.1) is 11.8 Å². The molecule has 0 aliphatic rings. The van der Waals surface area contributed by atoms with Crippen LogP contribution in [0.1, 0.15) is 16.4 Å². The molecular formula is C15H19N3S. The first-order chi connectivity index (χ1) is 9.16. The number of amidine groups is 1. The molecule has 0 saturated heterocycles. The van der Waals surface area contributed by atoms with Crippen LogP contribution in [0.3, 0.4) is 0 Å². The Hall–Kier alpha value is -1.65. The molecule has 1 aromatic carbocycles. The molecular weight excluding hydrogens is 254 g/mol. The number of nitrogens with two attached hydrogens (primary N) is 1. The van der Waals surface area contributed by atoms with Gasteiger partial charge in [-0.2, -0.15) is 0 Å². The number of nitrogens with zero attached hydrogens (tertiary/aromatic N) is 1. The summed E-state index contributed by atoms with van der Waals surface area (Å²) in [6.07, 6.45) is 0. The van der Waals surface area contributed by atoms with Crippen LogP contribution in [0.2, 0.25) is 0 Å². The Morgan fingerprint density at radius 3 is 2.58 bits per heavy atom. The quantitative estimate of drug-likeness (QED) is 0.628. The summed E-state index contributed by atoms with van der Waals surface area (Å²) in [5.41, 5.74) is 6.85. The highest BCUT2D eigenvalue weighted by molar-refractivity contribution is 7.09. The molecule has 0 fully saturated rings. The minimum atomic E-state index is -0.0360. The zero-order chi connectivity index (χ0) is 13.7. The van der Waals surface area contributed by atoms with Gasteiger partial charge in [0.15, 0.2) is 0 Å². The van der Waals surface area contributed by atoms with Crippen molar-refractivity contribution in [3.63, 3.8) is 0 Å². The van der Waals surface area contributed by atoms with E-state index in [0.717, 1.165) is 18.7 Å². The highest BCUT2D eigenvalue weighted by Crippen LogP contribution is 2.18. The summed E-state index contributed by atoms with van der Waals surface area (Å²) < 4.78 is 0. The molecule has 2 rings (SSSR count). The number of benzene rings is 1. The van der Waals surface area contributed by atoms with Crippen molar-refractivity contribution in [3.8, 4) is 0 Å². The highest BCUT2D eigenvalue weighted by Gasteiger charge is 2.17. The van der Waals surface area contributed by atoms with Crippen LogP contribution in [0.4, 0.5) is 0 Å². The molecule has 1 atom stereocenters. The molecule has 4 heteroatoms. The van der Waals surface area contributed by atoms with Crippen LogP contribution in [0.5, 0.6) is 0 Å². The molecule has 1 unspecified atom stereocenters. The lowest BCUT2D eigenvalue weighted by Crippen LogP contribution is -2.32. The van der Waals surface area contributed by atoms with E-state index < -0.39 is 0 Å². The molecule has 0 bridgehead atoms. The molecule has 100 valence electrons. The van der Waals surface area contributed by atoms with E-state index >= 15 is 0 Å². The number of thiophene rings is 1. The maximum atomic E-state index is 7.79. The summed E-state index contributed by atoms with van der Waals surface area (Å²) >= 11 is 1.76. The Bertz CT molecular complexity index is 507. The van der Waals surface area contributed by atoms with Crippen molar-refractivity contribution in [2.75, 3.05) is 13.6 Å². The number of rotatable bonds is 6. The van der Waals surface area contributed by atoms with Gasteiger partial charge in [0.25, 0.3) is 0 Å². The lowest BCUT2D eigenvalue weighted by molar-refractivity contribution is 0.325. The van der Waals surface area contributed by atoms with Crippen LogP contribution in [0.25, 0.3) is 0 Å². The summed E-state index contributed by atoms with van der Waals surface area (Å²) in [4.78, 5) is 3.54. The first-order valence-corrected chi connectivity index (χ1v) is 7.14. The van der Waals surface area contributed by atoms with E-state index in [0.29, 0.717) is 0 Å². The summed E-state index contributed by atoms with van der Waals surface area (Å²) in [5, 5.41) is 9.87. The predicted molar refractivity (Wildman–Crippen MR) is 81.8 cm³/mol. The number of hydrogen-bond donors (Lipinski definition) is 2. The SMILES string of the molecule is CN(Cc1cccs1)CC(C(=N)N)c1ccccc1. The van der Waals surface area contributed by atoms with Gasteiger partial charge in [-0.1, -0.05) is 36.4 Å². The molecule has 0 amide bonds. The summed E-state index contributed by atoms with van der Waals surface area (Å²) in [5.74, 6) is 0.190. The van der Waals surface area contributed by atoms with Crippen LogP contribution < -0.4 is 5.73 Å². The molecule has 0 aliphatic heterocycles. The van der Waals surface area contributed by atoms with Gasteiger partial charge in [0.1, 0.15) is 0 Å². The van der Waals surface area contributed by atoms with E-state index in [2.05, 4.69) is 29.5 Å². The molecule has 19 heavy (non-hydrogen) atoms. The average Bonchev–Trinajstić information content (AvgIpc) is 2.89. The summed E-state index contributed by atoms with van der Waals surface area (Å²) in [6, 6.07) is 14.2. The van der Waals surface area contributed by atoms with Crippen molar-refractivity contribution < 1.29 is 0 Å². The Morgan fingerprint density at radius 2 is 2.00 bits per heavy atom.